The number of rotatable bonds is 13. The normalized spacial score (nSPS) is 10.7. The second kappa shape index (κ2) is 18.7. The molecule has 246 valence electrons. The van der Waals surface area contributed by atoms with Crippen LogP contribution in [0.3, 0.4) is 0 Å². The van der Waals surface area contributed by atoms with Gasteiger partial charge < -0.3 is 47.0 Å². The Morgan fingerprint density at radius 3 is 2.33 bits per heavy atom. The molecule has 3 rings (SSSR count). The summed E-state index contributed by atoms with van der Waals surface area (Å²) >= 11 is 0. The zero-order chi connectivity index (χ0) is 34.1. The number of nitrogens with two attached hydrogens (primary N) is 2. The smallest absolute Gasteiger partial charge is 0.407 e. The fraction of sp³-hybridized carbons (Fsp3) is 0.300. The summed E-state index contributed by atoms with van der Waals surface area (Å²) in [7, 11) is 0. The Morgan fingerprint density at radius 1 is 0.978 bits per heavy atom. The van der Waals surface area contributed by atoms with E-state index in [2.05, 4.69) is 26.3 Å². The summed E-state index contributed by atoms with van der Waals surface area (Å²) < 4.78 is 10.3. The first-order valence-electron chi connectivity index (χ1n) is 13.9. The first-order chi connectivity index (χ1) is 21.8. The van der Waals surface area contributed by atoms with E-state index in [9.17, 15) is 24.0 Å². The number of carbonyl (C=O) groups is 5. The topological polar surface area (TPSA) is 258 Å². The molecular formula is C30H37N7O9. The maximum atomic E-state index is 13.1. The van der Waals surface area contributed by atoms with Crippen LogP contribution in [0.1, 0.15) is 30.9 Å². The molecule has 0 aliphatic rings. The summed E-state index contributed by atoms with van der Waals surface area (Å²) in [6, 6.07) is 14.2. The van der Waals surface area contributed by atoms with Crippen molar-refractivity contribution in [3.05, 3.63) is 76.1 Å². The molecule has 3 aromatic rings. The number of alkyl carbamates (subject to hydrolysis) is 1. The quantitative estimate of drug-likeness (QED) is 0.0593. The molecular weight excluding hydrogens is 602 g/mol. The van der Waals surface area contributed by atoms with Crippen LogP contribution in [0, 0.1) is 6.92 Å². The lowest BCUT2D eigenvalue weighted by Gasteiger charge is -2.19. The van der Waals surface area contributed by atoms with Gasteiger partial charge in [-0.05, 0) is 43.0 Å². The second-order valence-corrected chi connectivity index (χ2v) is 9.73. The predicted molar refractivity (Wildman–Crippen MR) is 169 cm³/mol. The van der Waals surface area contributed by atoms with Crippen molar-refractivity contribution < 1.29 is 38.2 Å². The van der Waals surface area contributed by atoms with E-state index in [0.29, 0.717) is 23.1 Å². The number of aryl methyl sites for hydroxylation is 1. The molecule has 0 spiro atoms. The van der Waals surface area contributed by atoms with E-state index in [0.717, 1.165) is 18.1 Å². The summed E-state index contributed by atoms with van der Waals surface area (Å²) in [6.45, 7) is 2.26. The van der Waals surface area contributed by atoms with Gasteiger partial charge in [0.15, 0.2) is 5.96 Å². The number of anilines is 1. The molecule has 9 N–H and O–H groups in total. The van der Waals surface area contributed by atoms with Gasteiger partial charge in [0.2, 0.25) is 17.7 Å². The van der Waals surface area contributed by atoms with Gasteiger partial charge in [0, 0.05) is 36.7 Å². The minimum atomic E-state index is -1.00. The van der Waals surface area contributed by atoms with Crippen LogP contribution in [-0.4, -0.2) is 66.5 Å². The average molecular weight is 640 g/mol. The van der Waals surface area contributed by atoms with Crippen molar-refractivity contribution in [2.24, 2.45) is 16.5 Å². The van der Waals surface area contributed by atoms with Gasteiger partial charge in [-0.2, -0.15) is 0 Å². The number of hydrogen-bond donors (Lipinski definition) is 7. The van der Waals surface area contributed by atoms with E-state index >= 15 is 0 Å². The summed E-state index contributed by atoms with van der Waals surface area (Å²) in [6.07, 6.45) is -0.249. The number of carbonyl (C=O) groups excluding carboxylic acids is 4. The molecule has 0 fully saturated rings. The van der Waals surface area contributed by atoms with Crippen molar-refractivity contribution in [3.63, 3.8) is 0 Å². The predicted octanol–water partition coefficient (Wildman–Crippen LogP) is 0.712. The van der Waals surface area contributed by atoms with Crippen molar-refractivity contribution in [2.45, 2.75) is 39.3 Å². The third kappa shape index (κ3) is 14.0. The third-order valence-corrected chi connectivity index (χ3v) is 5.87. The number of amides is 4. The highest BCUT2D eigenvalue weighted by atomic mass is 16.5. The average Bonchev–Trinajstić information content (AvgIpc) is 2.99. The first-order valence-corrected chi connectivity index (χ1v) is 13.9. The number of ether oxygens (including phenoxy) is 1. The van der Waals surface area contributed by atoms with Gasteiger partial charge in [-0.3, -0.25) is 24.2 Å². The van der Waals surface area contributed by atoms with Crippen molar-refractivity contribution in [1.82, 2.24) is 16.0 Å². The number of nitrogens with zero attached hydrogens (tertiary/aromatic N) is 1. The summed E-state index contributed by atoms with van der Waals surface area (Å²) in [5, 5.41) is 18.1. The number of aliphatic carboxylic acids is 1. The Hall–Kier alpha value is -5.93. The molecule has 1 heterocycles. The van der Waals surface area contributed by atoms with Gasteiger partial charge in [-0.15, -0.1) is 0 Å². The Labute approximate surface area is 263 Å². The minimum absolute atomic E-state index is 0.0383. The Morgan fingerprint density at radius 2 is 1.65 bits per heavy atom. The van der Waals surface area contributed by atoms with Crippen LogP contribution in [-0.2, 0) is 30.5 Å². The van der Waals surface area contributed by atoms with Crippen LogP contribution in [0.25, 0.3) is 11.0 Å². The lowest BCUT2D eigenvalue weighted by molar-refractivity contribution is -0.134. The van der Waals surface area contributed by atoms with Crippen LogP contribution < -0.4 is 38.4 Å². The van der Waals surface area contributed by atoms with Crippen LogP contribution in [0.2, 0.25) is 0 Å². The van der Waals surface area contributed by atoms with Gasteiger partial charge in [-0.1, -0.05) is 30.3 Å². The van der Waals surface area contributed by atoms with Gasteiger partial charge in [0.05, 0.1) is 6.54 Å². The summed E-state index contributed by atoms with van der Waals surface area (Å²) in [5.74, 6) is -2.76. The van der Waals surface area contributed by atoms with E-state index in [-0.39, 0.29) is 25.5 Å². The van der Waals surface area contributed by atoms with Crippen molar-refractivity contribution in [1.29, 1.82) is 0 Å². The largest absolute Gasteiger partial charge is 0.481 e. The number of carboxylic acids is 1. The molecule has 16 nitrogen and oxygen atoms in total. The lowest BCUT2D eigenvalue weighted by Crippen LogP contribution is -2.48. The van der Waals surface area contributed by atoms with Crippen LogP contribution in [0.4, 0.5) is 10.5 Å². The number of fused-ring (bicyclic) bond motifs is 1. The zero-order valence-electron chi connectivity index (χ0n) is 25.3. The number of benzene rings is 2. The van der Waals surface area contributed by atoms with Crippen molar-refractivity contribution >= 4 is 52.4 Å². The summed E-state index contributed by atoms with van der Waals surface area (Å²) in [5.41, 5.74) is 12.3. The molecule has 1 aromatic heterocycles. The number of nitrogens with one attached hydrogen (secondary N) is 4. The Balaban J connectivity index is 0.00000173. The minimum Gasteiger partial charge on any atom is -0.481 e. The first kappa shape index (κ1) is 36.3. The molecule has 0 aliphatic heterocycles. The van der Waals surface area contributed by atoms with E-state index in [4.69, 9.17) is 30.5 Å². The Bertz CT molecular complexity index is 1600. The fourth-order valence-electron chi connectivity index (χ4n) is 3.82. The van der Waals surface area contributed by atoms with E-state index in [1.165, 1.54) is 12.1 Å². The molecule has 0 aliphatic carbocycles. The number of guanidine groups is 1. The highest BCUT2D eigenvalue weighted by Gasteiger charge is 2.21. The third-order valence-electron chi connectivity index (χ3n) is 5.87. The maximum absolute atomic E-state index is 13.1. The van der Waals surface area contributed by atoms with Crippen LogP contribution in [0.15, 0.2) is 68.8 Å². The molecule has 4 amide bonds. The van der Waals surface area contributed by atoms with E-state index in [1.54, 1.807) is 43.3 Å². The van der Waals surface area contributed by atoms with Crippen molar-refractivity contribution in [2.75, 3.05) is 25.0 Å². The monoisotopic (exact) mass is 639 g/mol. The second-order valence-electron chi connectivity index (χ2n) is 9.73. The van der Waals surface area contributed by atoms with E-state index < -0.39 is 54.5 Å². The molecule has 1 unspecified atom stereocenters. The highest BCUT2D eigenvalue weighted by Crippen LogP contribution is 2.21. The zero-order valence-corrected chi connectivity index (χ0v) is 25.3. The lowest BCUT2D eigenvalue weighted by atomic mass is 10.1. The molecule has 46 heavy (non-hydrogen) atoms. The summed E-state index contributed by atoms with van der Waals surface area (Å²) in [4.78, 5) is 74.2. The molecule has 16 heteroatoms. The molecule has 1 atom stereocenters. The van der Waals surface area contributed by atoms with E-state index in [1.807, 2.05) is 6.07 Å². The molecule has 0 saturated heterocycles. The van der Waals surface area contributed by atoms with Gasteiger partial charge in [0.1, 0.15) is 24.8 Å². The van der Waals surface area contributed by atoms with Crippen LogP contribution >= 0.6 is 0 Å². The van der Waals surface area contributed by atoms with Gasteiger partial charge >= 0.3 is 11.7 Å². The number of hydrogen-bond acceptors (Lipinski definition) is 9. The number of carboxylic acid groups (broad SMARTS) is 1. The maximum Gasteiger partial charge on any atom is 0.407 e. The molecule has 0 saturated carbocycles. The molecule has 0 bridgehead atoms. The number of aliphatic imine (C=N–C) groups is 1. The van der Waals surface area contributed by atoms with Crippen molar-refractivity contribution in [3.8, 4) is 0 Å². The molecule has 0 radical (unpaired) electrons. The SMILES string of the molecule is CC(=O)O.Cc1cc(=O)oc2cc(NC(=O)C(CCCN=C(N)N)NC(=O)CNC(=O)CNC(=O)OCc3ccccc3)ccc12. The highest BCUT2D eigenvalue weighted by molar-refractivity contribution is 5.99. The van der Waals surface area contributed by atoms with Crippen LogP contribution in [0.5, 0.6) is 0 Å². The standard InChI is InChI=1S/C28H33N7O7.C2H4O2/c1-17-12-25(38)42-22-13-19(9-10-20(17)22)34-26(39)21(8-5-11-31-27(29)30)35-24(37)15-32-23(36)14-33-28(40)41-16-18-6-3-2-4-7-18;1-2(3)4/h2-4,6-7,9-10,12-13,21H,5,8,11,14-16H2,1H3,(H,32,36)(H,33,40)(H,34,39)(H,35,37)(H4,29,30,31);1H3,(H,3,4). The van der Waals surface area contributed by atoms with Gasteiger partial charge in [-0.25, -0.2) is 9.59 Å². The Kier molecular flexibility index (Phi) is 14.7. The fourth-order valence-corrected chi connectivity index (χ4v) is 3.82. The molecule has 2 aromatic carbocycles. The van der Waals surface area contributed by atoms with Gasteiger partial charge in [0.25, 0.3) is 5.97 Å².